The van der Waals surface area contributed by atoms with Gasteiger partial charge in [-0.2, -0.15) is 0 Å². The molecule has 2 rings (SSSR count). The number of rotatable bonds is 3. The van der Waals surface area contributed by atoms with Gasteiger partial charge in [-0.25, -0.2) is 4.79 Å². The SMILES string of the molecule is CC1(C)CC1C=CC(=O)OC1CCC1. The Labute approximate surface area is 85.3 Å². The molecular formula is C12H18O2. The average molecular weight is 194 g/mol. The fourth-order valence-electron chi connectivity index (χ4n) is 1.72. The molecule has 2 heteroatoms. The highest BCUT2D eigenvalue weighted by molar-refractivity contribution is 5.82. The molecule has 0 aromatic heterocycles. The summed E-state index contributed by atoms with van der Waals surface area (Å²) in [5.74, 6) is 0.425. The van der Waals surface area contributed by atoms with Crippen LogP contribution in [0.4, 0.5) is 0 Å². The molecule has 2 aliphatic carbocycles. The third-order valence-corrected chi connectivity index (χ3v) is 3.39. The van der Waals surface area contributed by atoms with Crippen molar-refractivity contribution in [3.05, 3.63) is 12.2 Å². The summed E-state index contributed by atoms with van der Waals surface area (Å²) in [5, 5.41) is 0. The molecule has 2 saturated carbocycles. The fourth-order valence-corrected chi connectivity index (χ4v) is 1.72. The lowest BCUT2D eigenvalue weighted by Gasteiger charge is -2.24. The van der Waals surface area contributed by atoms with E-state index in [1.165, 1.54) is 12.8 Å². The first kappa shape index (κ1) is 9.75. The summed E-state index contributed by atoms with van der Waals surface area (Å²) in [6.45, 7) is 4.44. The standard InChI is InChI=1S/C12H18O2/c1-12(2)8-9(12)6-7-11(13)14-10-4-3-5-10/h6-7,9-10H,3-5,8H2,1-2H3. The van der Waals surface area contributed by atoms with Crippen LogP contribution in [-0.4, -0.2) is 12.1 Å². The Balaban J connectivity index is 1.71. The molecule has 2 nitrogen and oxygen atoms in total. The minimum absolute atomic E-state index is 0.155. The Morgan fingerprint density at radius 3 is 2.50 bits per heavy atom. The number of carbonyl (C=O) groups excluding carboxylic acids is 1. The predicted octanol–water partition coefficient (Wildman–Crippen LogP) is 2.68. The van der Waals surface area contributed by atoms with Gasteiger partial charge in [-0.1, -0.05) is 19.9 Å². The summed E-state index contributed by atoms with van der Waals surface area (Å²) in [4.78, 5) is 11.3. The van der Waals surface area contributed by atoms with Crippen LogP contribution in [0.5, 0.6) is 0 Å². The van der Waals surface area contributed by atoms with Gasteiger partial charge in [-0.15, -0.1) is 0 Å². The lowest BCUT2D eigenvalue weighted by atomic mass is 9.96. The maximum absolute atomic E-state index is 11.3. The minimum atomic E-state index is -0.155. The number of ether oxygens (including phenoxy) is 1. The zero-order chi connectivity index (χ0) is 10.2. The highest BCUT2D eigenvalue weighted by Gasteiger charge is 2.43. The van der Waals surface area contributed by atoms with Crippen LogP contribution >= 0.6 is 0 Å². The molecule has 0 aromatic carbocycles. The normalized spacial score (nSPS) is 30.0. The number of hydrogen-bond acceptors (Lipinski definition) is 2. The fraction of sp³-hybridized carbons (Fsp3) is 0.750. The molecule has 0 spiro atoms. The van der Waals surface area contributed by atoms with Gasteiger partial charge in [-0.3, -0.25) is 0 Å². The van der Waals surface area contributed by atoms with E-state index in [9.17, 15) is 4.79 Å². The molecule has 14 heavy (non-hydrogen) atoms. The minimum Gasteiger partial charge on any atom is -0.459 e. The van der Waals surface area contributed by atoms with E-state index in [1.807, 2.05) is 6.08 Å². The van der Waals surface area contributed by atoms with Crippen molar-refractivity contribution in [3.63, 3.8) is 0 Å². The van der Waals surface area contributed by atoms with Crippen molar-refractivity contribution in [1.29, 1.82) is 0 Å². The summed E-state index contributed by atoms with van der Waals surface area (Å²) in [6.07, 6.45) is 8.32. The van der Waals surface area contributed by atoms with Gasteiger partial charge >= 0.3 is 5.97 Å². The molecule has 78 valence electrons. The van der Waals surface area contributed by atoms with Gasteiger partial charge < -0.3 is 4.74 Å². The molecule has 0 aromatic rings. The molecule has 0 heterocycles. The molecule has 0 aliphatic heterocycles. The summed E-state index contributed by atoms with van der Waals surface area (Å²) in [6, 6.07) is 0. The van der Waals surface area contributed by atoms with Crippen molar-refractivity contribution in [1.82, 2.24) is 0 Å². The maximum Gasteiger partial charge on any atom is 0.330 e. The van der Waals surface area contributed by atoms with Gasteiger partial charge in [0, 0.05) is 6.08 Å². The first-order valence-corrected chi connectivity index (χ1v) is 5.47. The van der Waals surface area contributed by atoms with Crippen LogP contribution in [0.15, 0.2) is 12.2 Å². The highest BCUT2D eigenvalue weighted by Crippen LogP contribution is 2.52. The van der Waals surface area contributed by atoms with E-state index >= 15 is 0 Å². The van der Waals surface area contributed by atoms with Gasteiger partial charge in [0.1, 0.15) is 6.10 Å². The second kappa shape index (κ2) is 3.41. The quantitative estimate of drug-likeness (QED) is 0.510. The van der Waals surface area contributed by atoms with E-state index < -0.39 is 0 Å². The Hall–Kier alpha value is -0.790. The molecule has 1 atom stereocenters. The Bertz CT molecular complexity index is 261. The summed E-state index contributed by atoms with van der Waals surface area (Å²) in [7, 11) is 0. The van der Waals surface area contributed by atoms with E-state index in [4.69, 9.17) is 4.74 Å². The largest absolute Gasteiger partial charge is 0.459 e. The van der Waals surface area contributed by atoms with Crippen molar-refractivity contribution in [2.45, 2.75) is 45.6 Å². The van der Waals surface area contributed by atoms with Crippen molar-refractivity contribution in [2.24, 2.45) is 11.3 Å². The molecule has 0 amide bonds. The molecule has 0 bridgehead atoms. The van der Waals surface area contributed by atoms with Gasteiger partial charge in [0.15, 0.2) is 0 Å². The third-order valence-electron chi connectivity index (χ3n) is 3.39. The maximum atomic E-state index is 11.3. The van der Waals surface area contributed by atoms with Crippen LogP contribution in [0.1, 0.15) is 39.5 Å². The summed E-state index contributed by atoms with van der Waals surface area (Å²) >= 11 is 0. The Kier molecular flexibility index (Phi) is 2.38. The smallest absolute Gasteiger partial charge is 0.330 e. The van der Waals surface area contributed by atoms with Crippen LogP contribution < -0.4 is 0 Å². The molecule has 0 saturated heterocycles. The monoisotopic (exact) mass is 194 g/mol. The van der Waals surface area contributed by atoms with Crippen molar-refractivity contribution < 1.29 is 9.53 Å². The summed E-state index contributed by atoms with van der Waals surface area (Å²) in [5.41, 5.74) is 0.410. The Morgan fingerprint density at radius 2 is 2.07 bits per heavy atom. The lowest BCUT2D eigenvalue weighted by molar-refractivity contribution is -0.146. The highest BCUT2D eigenvalue weighted by atomic mass is 16.5. The van der Waals surface area contributed by atoms with Crippen LogP contribution in [0, 0.1) is 11.3 Å². The topological polar surface area (TPSA) is 26.3 Å². The molecule has 0 radical (unpaired) electrons. The molecule has 1 unspecified atom stereocenters. The molecular weight excluding hydrogens is 176 g/mol. The number of allylic oxidation sites excluding steroid dienone is 1. The van der Waals surface area contributed by atoms with Crippen molar-refractivity contribution in [3.8, 4) is 0 Å². The molecule has 2 fully saturated rings. The van der Waals surface area contributed by atoms with Crippen LogP contribution in [-0.2, 0) is 9.53 Å². The third kappa shape index (κ3) is 2.17. The van der Waals surface area contributed by atoms with Gasteiger partial charge in [0.25, 0.3) is 0 Å². The zero-order valence-electron chi connectivity index (χ0n) is 8.95. The lowest BCUT2D eigenvalue weighted by Crippen LogP contribution is -2.24. The molecule has 2 aliphatic rings. The predicted molar refractivity (Wildman–Crippen MR) is 54.8 cm³/mol. The number of esters is 1. The van der Waals surface area contributed by atoms with Crippen LogP contribution in [0.3, 0.4) is 0 Å². The molecule has 0 N–H and O–H groups in total. The first-order chi connectivity index (χ1) is 6.58. The van der Waals surface area contributed by atoms with E-state index in [1.54, 1.807) is 6.08 Å². The summed E-state index contributed by atoms with van der Waals surface area (Å²) < 4.78 is 5.21. The van der Waals surface area contributed by atoms with Crippen LogP contribution in [0.25, 0.3) is 0 Å². The van der Waals surface area contributed by atoms with Gasteiger partial charge in [-0.05, 0) is 37.0 Å². The van der Waals surface area contributed by atoms with Gasteiger partial charge in [0.2, 0.25) is 0 Å². The van der Waals surface area contributed by atoms with E-state index in [2.05, 4.69) is 13.8 Å². The van der Waals surface area contributed by atoms with E-state index in [-0.39, 0.29) is 12.1 Å². The van der Waals surface area contributed by atoms with E-state index in [0.717, 1.165) is 12.8 Å². The average Bonchev–Trinajstić information content (AvgIpc) is 2.63. The first-order valence-electron chi connectivity index (χ1n) is 5.47. The Morgan fingerprint density at radius 1 is 1.43 bits per heavy atom. The second-order valence-corrected chi connectivity index (χ2v) is 5.15. The zero-order valence-corrected chi connectivity index (χ0v) is 8.95. The van der Waals surface area contributed by atoms with E-state index in [0.29, 0.717) is 11.3 Å². The number of hydrogen-bond donors (Lipinski definition) is 0. The van der Waals surface area contributed by atoms with Crippen molar-refractivity contribution in [2.75, 3.05) is 0 Å². The number of carbonyl (C=O) groups is 1. The van der Waals surface area contributed by atoms with Crippen molar-refractivity contribution >= 4 is 5.97 Å². The van der Waals surface area contributed by atoms with Crippen LogP contribution in [0.2, 0.25) is 0 Å². The van der Waals surface area contributed by atoms with Gasteiger partial charge in [0.05, 0.1) is 0 Å². The second-order valence-electron chi connectivity index (χ2n) is 5.15.